The van der Waals surface area contributed by atoms with Gasteiger partial charge in [-0.3, -0.25) is 4.40 Å². The highest BCUT2D eigenvalue weighted by molar-refractivity contribution is 5.77. The fourth-order valence-corrected chi connectivity index (χ4v) is 3.86. The van der Waals surface area contributed by atoms with Crippen LogP contribution in [0.4, 0.5) is 5.82 Å². The standard InChI is InChI=1S/C22H29N3/c1-16-11-10-14-18-23-19(17-12-8-7-9-13-17)20(25(16)18)24-22(5,6)15-21(2,3)4/h7-14,24H,15H2,1-6H3. The molecule has 0 aliphatic carbocycles. The largest absolute Gasteiger partial charge is 0.364 e. The summed E-state index contributed by atoms with van der Waals surface area (Å²) in [4.78, 5) is 4.92. The summed E-state index contributed by atoms with van der Waals surface area (Å²) in [7, 11) is 0. The average molecular weight is 335 g/mol. The monoisotopic (exact) mass is 335 g/mol. The lowest BCUT2D eigenvalue weighted by Crippen LogP contribution is -2.36. The van der Waals surface area contributed by atoms with Crippen LogP contribution in [0.3, 0.4) is 0 Å². The molecule has 1 N–H and O–H groups in total. The van der Waals surface area contributed by atoms with Crippen LogP contribution in [0.5, 0.6) is 0 Å². The maximum atomic E-state index is 4.92. The van der Waals surface area contributed by atoms with Gasteiger partial charge < -0.3 is 5.32 Å². The second-order valence-electron chi connectivity index (χ2n) is 8.78. The number of imidazole rings is 1. The van der Waals surface area contributed by atoms with E-state index >= 15 is 0 Å². The molecule has 0 spiro atoms. The van der Waals surface area contributed by atoms with Crippen molar-refractivity contribution in [1.29, 1.82) is 0 Å². The molecule has 2 aromatic heterocycles. The van der Waals surface area contributed by atoms with E-state index in [-0.39, 0.29) is 11.0 Å². The fourth-order valence-electron chi connectivity index (χ4n) is 3.86. The minimum Gasteiger partial charge on any atom is -0.364 e. The van der Waals surface area contributed by atoms with Gasteiger partial charge in [0.15, 0.2) is 0 Å². The summed E-state index contributed by atoms with van der Waals surface area (Å²) < 4.78 is 2.23. The van der Waals surface area contributed by atoms with Gasteiger partial charge in [0.2, 0.25) is 0 Å². The van der Waals surface area contributed by atoms with Gasteiger partial charge in [0.1, 0.15) is 17.2 Å². The second kappa shape index (κ2) is 6.21. The Kier molecular flexibility index (Phi) is 4.36. The van der Waals surface area contributed by atoms with Crippen molar-refractivity contribution in [2.45, 2.75) is 53.5 Å². The van der Waals surface area contributed by atoms with E-state index in [1.54, 1.807) is 0 Å². The summed E-state index contributed by atoms with van der Waals surface area (Å²) in [5, 5.41) is 3.81. The molecule has 132 valence electrons. The van der Waals surface area contributed by atoms with Crippen LogP contribution in [-0.4, -0.2) is 14.9 Å². The Morgan fingerprint density at radius 2 is 1.60 bits per heavy atom. The lowest BCUT2D eigenvalue weighted by Gasteiger charge is -2.34. The zero-order chi connectivity index (χ0) is 18.2. The molecule has 0 saturated carbocycles. The Bertz CT molecular complexity index is 867. The first-order valence-electron chi connectivity index (χ1n) is 8.98. The van der Waals surface area contributed by atoms with Crippen LogP contribution < -0.4 is 5.32 Å². The van der Waals surface area contributed by atoms with Crippen molar-refractivity contribution in [3.8, 4) is 11.3 Å². The second-order valence-corrected chi connectivity index (χ2v) is 8.78. The number of pyridine rings is 1. The van der Waals surface area contributed by atoms with E-state index in [1.807, 2.05) is 6.07 Å². The van der Waals surface area contributed by atoms with Gasteiger partial charge in [-0.05, 0) is 44.7 Å². The summed E-state index contributed by atoms with van der Waals surface area (Å²) in [6.07, 6.45) is 1.06. The quantitative estimate of drug-likeness (QED) is 0.639. The number of nitrogens with one attached hydrogen (secondary N) is 1. The molecule has 0 radical (unpaired) electrons. The van der Waals surface area contributed by atoms with Gasteiger partial charge in [-0.1, -0.05) is 57.2 Å². The first-order chi connectivity index (χ1) is 11.7. The molecule has 25 heavy (non-hydrogen) atoms. The predicted octanol–water partition coefficient (Wildman–Crippen LogP) is 5.94. The van der Waals surface area contributed by atoms with E-state index in [2.05, 4.69) is 93.7 Å². The van der Waals surface area contributed by atoms with Gasteiger partial charge in [-0.2, -0.15) is 0 Å². The SMILES string of the molecule is Cc1cccc2nc(-c3ccccc3)c(NC(C)(C)CC(C)(C)C)n12. The van der Waals surface area contributed by atoms with E-state index in [0.717, 1.165) is 29.1 Å². The predicted molar refractivity (Wildman–Crippen MR) is 107 cm³/mol. The van der Waals surface area contributed by atoms with Crippen LogP contribution in [0.2, 0.25) is 0 Å². The minimum atomic E-state index is -0.0416. The van der Waals surface area contributed by atoms with Crippen LogP contribution in [0.15, 0.2) is 48.5 Å². The Morgan fingerprint density at radius 3 is 2.24 bits per heavy atom. The normalized spacial score (nSPS) is 12.6. The van der Waals surface area contributed by atoms with Crippen LogP contribution in [0.25, 0.3) is 16.9 Å². The first-order valence-corrected chi connectivity index (χ1v) is 8.98. The smallest absolute Gasteiger partial charge is 0.139 e. The summed E-state index contributed by atoms with van der Waals surface area (Å²) >= 11 is 0. The van der Waals surface area contributed by atoms with Crippen molar-refractivity contribution >= 4 is 11.5 Å². The van der Waals surface area contributed by atoms with E-state index in [9.17, 15) is 0 Å². The Morgan fingerprint density at radius 1 is 0.920 bits per heavy atom. The molecule has 3 heteroatoms. The number of aromatic nitrogens is 2. The van der Waals surface area contributed by atoms with Crippen molar-refractivity contribution in [2.24, 2.45) is 5.41 Å². The van der Waals surface area contributed by atoms with E-state index in [0.29, 0.717) is 0 Å². The third kappa shape index (κ3) is 3.87. The van der Waals surface area contributed by atoms with Gasteiger partial charge in [0.05, 0.1) is 0 Å². The molecule has 0 fully saturated rings. The van der Waals surface area contributed by atoms with E-state index in [4.69, 9.17) is 4.98 Å². The number of rotatable bonds is 4. The molecule has 0 aliphatic rings. The highest BCUT2D eigenvalue weighted by Crippen LogP contribution is 2.35. The third-order valence-electron chi connectivity index (χ3n) is 4.32. The molecular weight excluding hydrogens is 306 g/mol. The Labute approximate surface area is 151 Å². The highest BCUT2D eigenvalue weighted by atomic mass is 15.2. The van der Waals surface area contributed by atoms with Gasteiger partial charge in [-0.15, -0.1) is 0 Å². The molecule has 1 aromatic carbocycles. The zero-order valence-corrected chi connectivity index (χ0v) is 16.2. The average Bonchev–Trinajstić information content (AvgIpc) is 2.85. The topological polar surface area (TPSA) is 29.3 Å². The molecule has 0 aliphatic heterocycles. The van der Waals surface area contributed by atoms with Crippen LogP contribution in [0.1, 0.15) is 46.7 Å². The van der Waals surface area contributed by atoms with Crippen molar-refractivity contribution in [1.82, 2.24) is 9.38 Å². The lowest BCUT2D eigenvalue weighted by atomic mass is 9.82. The van der Waals surface area contributed by atoms with Crippen molar-refractivity contribution in [2.75, 3.05) is 5.32 Å². The number of fused-ring (bicyclic) bond motifs is 1. The minimum absolute atomic E-state index is 0.0416. The number of anilines is 1. The third-order valence-corrected chi connectivity index (χ3v) is 4.32. The van der Waals surface area contributed by atoms with Crippen molar-refractivity contribution in [3.05, 3.63) is 54.2 Å². The van der Waals surface area contributed by atoms with Gasteiger partial charge in [0.25, 0.3) is 0 Å². The van der Waals surface area contributed by atoms with Gasteiger partial charge in [0, 0.05) is 16.8 Å². The van der Waals surface area contributed by atoms with E-state index in [1.165, 1.54) is 5.69 Å². The molecule has 0 saturated heterocycles. The summed E-state index contributed by atoms with van der Waals surface area (Å²) in [6, 6.07) is 16.7. The Hall–Kier alpha value is -2.29. The number of benzene rings is 1. The summed E-state index contributed by atoms with van der Waals surface area (Å²) in [5.41, 5.74) is 4.52. The number of nitrogens with zero attached hydrogens (tertiary/aromatic N) is 2. The van der Waals surface area contributed by atoms with Gasteiger partial charge in [-0.25, -0.2) is 4.98 Å². The van der Waals surface area contributed by atoms with Crippen LogP contribution in [-0.2, 0) is 0 Å². The number of aryl methyl sites for hydroxylation is 1. The summed E-state index contributed by atoms with van der Waals surface area (Å²) in [5.74, 6) is 1.08. The highest BCUT2D eigenvalue weighted by Gasteiger charge is 2.28. The molecule has 0 atom stereocenters. The molecule has 2 heterocycles. The molecule has 0 bridgehead atoms. The van der Waals surface area contributed by atoms with Crippen LogP contribution >= 0.6 is 0 Å². The maximum absolute atomic E-state index is 4.92. The number of hydrogen-bond acceptors (Lipinski definition) is 2. The van der Waals surface area contributed by atoms with Crippen molar-refractivity contribution < 1.29 is 0 Å². The molecule has 0 unspecified atom stereocenters. The fraction of sp³-hybridized carbons (Fsp3) is 0.409. The molecule has 0 amide bonds. The maximum Gasteiger partial charge on any atom is 0.139 e. The van der Waals surface area contributed by atoms with E-state index < -0.39 is 0 Å². The van der Waals surface area contributed by atoms with Gasteiger partial charge >= 0.3 is 0 Å². The Balaban J connectivity index is 2.15. The lowest BCUT2D eigenvalue weighted by molar-refractivity contribution is 0.302. The van der Waals surface area contributed by atoms with Crippen molar-refractivity contribution in [3.63, 3.8) is 0 Å². The summed E-state index contributed by atoms with van der Waals surface area (Å²) in [6.45, 7) is 13.5. The molecule has 3 rings (SSSR count). The number of hydrogen-bond donors (Lipinski definition) is 1. The zero-order valence-electron chi connectivity index (χ0n) is 16.2. The van der Waals surface area contributed by atoms with Crippen LogP contribution in [0, 0.1) is 12.3 Å². The first kappa shape index (κ1) is 17.5. The molecule has 3 nitrogen and oxygen atoms in total. The molecular formula is C22H29N3. The molecule has 3 aromatic rings.